The number of rotatable bonds is 6. The van der Waals surface area contributed by atoms with Gasteiger partial charge in [0.1, 0.15) is 11.4 Å². The predicted octanol–water partition coefficient (Wildman–Crippen LogP) is 5.19. The number of carbonyl (C=O) groups excluding carboxylic acids is 1. The predicted molar refractivity (Wildman–Crippen MR) is 121 cm³/mol. The van der Waals surface area contributed by atoms with E-state index in [1.807, 2.05) is 36.4 Å². The summed E-state index contributed by atoms with van der Waals surface area (Å²) in [4.78, 5) is 13.7. The Morgan fingerprint density at radius 2 is 1.63 bits per heavy atom. The molecule has 0 aromatic heterocycles. The van der Waals surface area contributed by atoms with Crippen LogP contribution >= 0.6 is 0 Å². The molecule has 2 aromatic carbocycles. The second-order valence-corrected chi connectivity index (χ2v) is 9.18. The molecule has 1 fully saturated rings. The molecule has 1 aliphatic heterocycles. The van der Waals surface area contributed by atoms with Gasteiger partial charge in [-0.05, 0) is 55.0 Å². The molecule has 4 rings (SSSR count). The lowest BCUT2D eigenvalue weighted by Gasteiger charge is -2.40. The first-order valence-electron chi connectivity index (χ1n) is 11.2. The molecule has 5 heteroatoms. The number of amides is 1. The molecule has 2 aromatic rings. The number of benzene rings is 2. The maximum Gasteiger partial charge on any atom is 0.228 e. The highest BCUT2D eigenvalue weighted by atomic mass is 16.3. The molecule has 30 heavy (non-hydrogen) atoms. The second kappa shape index (κ2) is 8.58. The van der Waals surface area contributed by atoms with Gasteiger partial charge in [0.15, 0.2) is 0 Å². The minimum absolute atomic E-state index is 0.0940. The molecule has 0 saturated heterocycles. The van der Waals surface area contributed by atoms with Crippen LogP contribution in [0, 0.1) is 11.8 Å². The van der Waals surface area contributed by atoms with Crippen molar-refractivity contribution in [1.29, 1.82) is 0 Å². The van der Waals surface area contributed by atoms with Gasteiger partial charge in [0.25, 0.3) is 0 Å². The quantitative estimate of drug-likeness (QED) is 0.531. The Balaban J connectivity index is 1.72. The summed E-state index contributed by atoms with van der Waals surface area (Å²) in [5, 5.41) is 20.5. The minimum Gasteiger partial charge on any atom is -0.508 e. The number of aromatic hydroxyl groups is 1. The fourth-order valence-electron chi connectivity index (χ4n) is 4.90. The Labute approximate surface area is 179 Å². The van der Waals surface area contributed by atoms with Crippen LogP contribution in [0.2, 0.25) is 0 Å². The van der Waals surface area contributed by atoms with E-state index in [0.29, 0.717) is 5.92 Å². The van der Waals surface area contributed by atoms with E-state index in [2.05, 4.69) is 29.8 Å². The number of hydrogen-bond donors (Lipinski definition) is 4. The molecule has 0 spiro atoms. The summed E-state index contributed by atoms with van der Waals surface area (Å²) in [6.07, 6.45) is 6.50. The molecule has 2 aliphatic rings. The van der Waals surface area contributed by atoms with Crippen molar-refractivity contribution in [2.45, 2.75) is 64.1 Å². The molecule has 1 heterocycles. The monoisotopic (exact) mass is 407 g/mol. The molecule has 0 radical (unpaired) electrons. The lowest BCUT2D eigenvalue weighted by atomic mass is 9.79. The fraction of sp³-hybridized carbons (Fsp3) is 0.480. The Morgan fingerprint density at radius 3 is 2.20 bits per heavy atom. The summed E-state index contributed by atoms with van der Waals surface area (Å²) in [7, 11) is 0. The van der Waals surface area contributed by atoms with Crippen molar-refractivity contribution in [1.82, 2.24) is 5.32 Å². The molecule has 1 aliphatic carbocycles. The number of nitrogens with one attached hydrogen (secondary N) is 3. The van der Waals surface area contributed by atoms with Crippen molar-refractivity contribution in [2.75, 3.05) is 10.6 Å². The SMILES string of the molecule is CC(C)CC(C(=O)NC1CCCCC1)C1(c2ccc(O)cc2)Nc2ccccc2N1. The molecule has 4 N–H and O–H groups in total. The van der Waals surface area contributed by atoms with E-state index >= 15 is 0 Å². The fourth-order valence-corrected chi connectivity index (χ4v) is 4.90. The molecule has 160 valence electrons. The third kappa shape index (κ3) is 4.11. The van der Waals surface area contributed by atoms with Gasteiger partial charge >= 0.3 is 0 Å². The smallest absolute Gasteiger partial charge is 0.228 e. The standard InChI is InChI=1S/C25H33N3O2/c1-17(2)16-21(24(30)26-19-8-4-3-5-9-19)25(18-12-14-20(29)15-13-18)27-22-10-6-7-11-23(22)28-25/h6-7,10-15,17,19,21,27-29H,3-5,8-9,16H2,1-2H3,(H,26,30). The van der Waals surface area contributed by atoms with Gasteiger partial charge in [-0.2, -0.15) is 0 Å². The van der Waals surface area contributed by atoms with Crippen LogP contribution in [0.25, 0.3) is 0 Å². The minimum atomic E-state index is -0.763. The molecular weight excluding hydrogens is 374 g/mol. The van der Waals surface area contributed by atoms with E-state index in [4.69, 9.17) is 0 Å². The molecular formula is C25H33N3O2. The molecule has 1 saturated carbocycles. The van der Waals surface area contributed by atoms with Gasteiger partial charge < -0.3 is 21.1 Å². The highest BCUT2D eigenvalue weighted by Gasteiger charge is 2.48. The van der Waals surface area contributed by atoms with E-state index in [9.17, 15) is 9.90 Å². The van der Waals surface area contributed by atoms with Crippen LogP contribution < -0.4 is 16.0 Å². The number of para-hydroxylation sites is 2. The Hall–Kier alpha value is -2.69. The largest absolute Gasteiger partial charge is 0.508 e. The first-order valence-corrected chi connectivity index (χ1v) is 11.2. The van der Waals surface area contributed by atoms with Crippen molar-refractivity contribution >= 4 is 17.3 Å². The lowest BCUT2D eigenvalue weighted by Crippen LogP contribution is -2.54. The maximum absolute atomic E-state index is 13.7. The second-order valence-electron chi connectivity index (χ2n) is 9.18. The number of phenols is 1. The summed E-state index contributed by atoms with van der Waals surface area (Å²) in [6.45, 7) is 4.32. The van der Waals surface area contributed by atoms with Gasteiger partial charge in [0.2, 0.25) is 5.91 Å². The van der Waals surface area contributed by atoms with Crippen molar-refractivity contribution in [3.05, 3.63) is 54.1 Å². The first kappa shape index (κ1) is 20.6. The average molecular weight is 408 g/mol. The van der Waals surface area contributed by atoms with Crippen LogP contribution in [0.15, 0.2) is 48.5 Å². The average Bonchev–Trinajstić information content (AvgIpc) is 3.13. The Kier molecular flexibility index (Phi) is 5.89. The van der Waals surface area contributed by atoms with Gasteiger partial charge in [-0.1, -0.05) is 57.4 Å². The number of fused-ring (bicyclic) bond motifs is 1. The van der Waals surface area contributed by atoms with Gasteiger partial charge in [-0.3, -0.25) is 4.79 Å². The van der Waals surface area contributed by atoms with Gasteiger partial charge in [-0.15, -0.1) is 0 Å². The van der Waals surface area contributed by atoms with Crippen LogP contribution in [0.1, 0.15) is 57.9 Å². The van der Waals surface area contributed by atoms with Crippen molar-refractivity contribution < 1.29 is 9.90 Å². The summed E-state index contributed by atoms with van der Waals surface area (Å²) >= 11 is 0. The van der Waals surface area contributed by atoms with Crippen LogP contribution in [-0.4, -0.2) is 17.1 Å². The Bertz CT molecular complexity index is 847. The number of hydrogen-bond acceptors (Lipinski definition) is 4. The third-order valence-electron chi connectivity index (χ3n) is 6.41. The summed E-state index contributed by atoms with van der Waals surface area (Å²) in [6, 6.07) is 15.5. The molecule has 5 nitrogen and oxygen atoms in total. The lowest BCUT2D eigenvalue weighted by molar-refractivity contribution is -0.128. The first-order chi connectivity index (χ1) is 14.5. The summed E-state index contributed by atoms with van der Waals surface area (Å²) in [5.74, 6) is 0.359. The van der Waals surface area contributed by atoms with E-state index in [-0.39, 0.29) is 23.6 Å². The van der Waals surface area contributed by atoms with Crippen molar-refractivity contribution in [2.24, 2.45) is 11.8 Å². The van der Waals surface area contributed by atoms with E-state index < -0.39 is 5.66 Å². The van der Waals surface area contributed by atoms with Crippen LogP contribution in [0.4, 0.5) is 11.4 Å². The highest BCUT2D eigenvalue weighted by Crippen LogP contribution is 2.46. The van der Waals surface area contributed by atoms with Gasteiger partial charge in [-0.25, -0.2) is 0 Å². The van der Waals surface area contributed by atoms with Gasteiger partial charge in [0.05, 0.1) is 17.3 Å². The van der Waals surface area contributed by atoms with Crippen LogP contribution in [0.3, 0.4) is 0 Å². The zero-order chi connectivity index (χ0) is 21.1. The van der Waals surface area contributed by atoms with Crippen molar-refractivity contribution in [3.8, 4) is 5.75 Å². The van der Waals surface area contributed by atoms with E-state index in [1.165, 1.54) is 19.3 Å². The number of phenolic OH excluding ortho intramolecular Hbond substituents is 1. The van der Waals surface area contributed by atoms with E-state index in [0.717, 1.165) is 36.2 Å². The Morgan fingerprint density at radius 1 is 1.03 bits per heavy atom. The maximum atomic E-state index is 13.7. The van der Waals surface area contributed by atoms with Crippen LogP contribution in [0.5, 0.6) is 5.75 Å². The molecule has 1 atom stereocenters. The normalized spacial score (nSPS) is 18.9. The van der Waals surface area contributed by atoms with Crippen molar-refractivity contribution in [3.63, 3.8) is 0 Å². The number of anilines is 2. The summed E-state index contributed by atoms with van der Waals surface area (Å²) < 4.78 is 0. The zero-order valence-electron chi connectivity index (χ0n) is 17.9. The van der Waals surface area contributed by atoms with Crippen LogP contribution in [-0.2, 0) is 10.5 Å². The molecule has 1 unspecified atom stereocenters. The third-order valence-corrected chi connectivity index (χ3v) is 6.41. The topological polar surface area (TPSA) is 73.4 Å². The molecule has 1 amide bonds. The highest BCUT2D eigenvalue weighted by molar-refractivity contribution is 5.86. The molecule has 0 bridgehead atoms. The van der Waals surface area contributed by atoms with Gasteiger partial charge in [0, 0.05) is 6.04 Å². The number of carbonyl (C=O) groups is 1. The van der Waals surface area contributed by atoms with E-state index in [1.54, 1.807) is 12.1 Å². The summed E-state index contributed by atoms with van der Waals surface area (Å²) in [5.41, 5.74) is 2.16. The zero-order valence-corrected chi connectivity index (χ0v) is 17.9.